The zero-order valence-corrected chi connectivity index (χ0v) is 11.3. The molecule has 0 fully saturated rings. The van der Waals surface area contributed by atoms with Gasteiger partial charge in [-0.05, 0) is 26.7 Å². The van der Waals surface area contributed by atoms with Gasteiger partial charge in [-0.1, -0.05) is 13.8 Å². The molecule has 1 aromatic rings. The number of rotatable bonds is 4. The minimum Gasteiger partial charge on any atom is -0.394 e. The van der Waals surface area contributed by atoms with Gasteiger partial charge in [0.2, 0.25) is 0 Å². The summed E-state index contributed by atoms with van der Waals surface area (Å²) in [4.78, 5) is 2.19. The first kappa shape index (κ1) is 12.9. The van der Waals surface area contributed by atoms with Crippen molar-refractivity contribution in [2.45, 2.75) is 40.7 Å². The minimum atomic E-state index is 0.334. The highest BCUT2D eigenvalue weighted by Crippen LogP contribution is 2.28. The van der Waals surface area contributed by atoms with Crippen molar-refractivity contribution >= 4 is 11.5 Å². The maximum Gasteiger partial charge on any atom is 0.150 e. The fraction of sp³-hybridized carbons (Fsp3) is 0.750. The lowest BCUT2D eigenvalue weighted by Gasteiger charge is -2.24. The fourth-order valence-electron chi connectivity index (χ4n) is 1.92. The number of nitrogens with two attached hydrogens (primary N) is 1. The van der Waals surface area contributed by atoms with Crippen molar-refractivity contribution < 1.29 is 0 Å². The molecule has 2 N–H and O–H groups in total. The Labute approximate surface area is 98.4 Å². The molecule has 0 atom stereocenters. The second-order valence-electron chi connectivity index (χ2n) is 5.14. The number of aryl methyl sites for hydroxylation is 1. The molecule has 92 valence electrons. The highest BCUT2D eigenvalue weighted by atomic mass is 15.4. The molecule has 0 spiro atoms. The summed E-state index contributed by atoms with van der Waals surface area (Å²) < 4.78 is 2.01. The molecule has 16 heavy (non-hydrogen) atoms. The molecule has 1 heterocycles. The molecule has 0 aromatic carbocycles. The van der Waals surface area contributed by atoms with Crippen LogP contribution in [-0.2, 0) is 0 Å². The van der Waals surface area contributed by atoms with E-state index >= 15 is 0 Å². The van der Waals surface area contributed by atoms with Crippen LogP contribution in [0.2, 0.25) is 0 Å². The quantitative estimate of drug-likeness (QED) is 0.854. The van der Waals surface area contributed by atoms with E-state index < -0.39 is 0 Å². The van der Waals surface area contributed by atoms with Crippen molar-refractivity contribution in [2.24, 2.45) is 5.92 Å². The third kappa shape index (κ3) is 2.49. The highest BCUT2D eigenvalue weighted by Gasteiger charge is 2.18. The maximum absolute atomic E-state index is 6.09. The Hall–Kier alpha value is -1.19. The summed E-state index contributed by atoms with van der Waals surface area (Å²) in [6.45, 7) is 11.6. The van der Waals surface area contributed by atoms with Gasteiger partial charge in [0.1, 0.15) is 0 Å². The van der Waals surface area contributed by atoms with Gasteiger partial charge in [0, 0.05) is 19.6 Å². The maximum atomic E-state index is 6.09. The first-order valence-electron chi connectivity index (χ1n) is 5.90. The molecule has 0 radical (unpaired) electrons. The normalized spacial score (nSPS) is 11.5. The van der Waals surface area contributed by atoms with Gasteiger partial charge in [0.05, 0.1) is 11.4 Å². The third-order valence-electron chi connectivity index (χ3n) is 2.60. The summed E-state index contributed by atoms with van der Waals surface area (Å²) in [5.74, 6) is 1.65. The van der Waals surface area contributed by atoms with Crippen molar-refractivity contribution in [1.82, 2.24) is 9.78 Å². The van der Waals surface area contributed by atoms with Crippen LogP contribution < -0.4 is 10.6 Å². The Balaban J connectivity index is 3.09. The predicted molar refractivity (Wildman–Crippen MR) is 69.9 cm³/mol. The number of nitrogen functional groups attached to an aromatic ring is 1. The van der Waals surface area contributed by atoms with E-state index in [2.05, 4.69) is 44.7 Å². The average Bonchev–Trinajstić information content (AvgIpc) is 2.42. The fourth-order valence-corrected chi connectivity index (χ4v) is 1.92. The lowest BCUT2D eigenvalue weighted by atomic mass is 10.2. The zero-order chi connectivity index (χ0) is 12.5. The molecule has 0 aliphatic heterocycles. The van der Waals surface area contributed by atoms with E-state index in [0.29, 0.717) is 12.0 Å². The van der Waals surface area contributed by atoms with Gasteiger partial charge < -0.3 is 10.6 Å². The van der Waals surface area contributed by atoms with Crippen LogP contribution in [0.5, 0.6) is 0 Å². The van der Waals surface area contributed by atoms with Crippen LogP contribution in [0.4, 0.5) is 11.5 Å². The van der Waals surface area contributed by atoms with Crippen molar-refractivity contribution in [3.63, 3.8) is 0 Å². The number of nitrogens with zero attached hydrogens (tertiary/aromatic N) is 3. The number of hydrogen-bond donors (Lipinski definition) is 1. The van der Waals surface area contributed by atoms with Gasteiger partial charge in [0.25, 0.3) is 0 Å². The lowest BCUT2D eigenvalue weighted by molar-refractivity contribution is 0.518. The van der Waals surface area contributed by atoms with E-state index in [0.717, 1.165) is 23.7 Å². The largest absolute Gasteiger partial charge is 0.394 e. The molecule has 4 nitrogen and oxygen atoms in total. The zero-order valence-electron chi connectivity index (χ0n) is 11.3. The Morgan fingerprint density at radius 3 is 2.31 bits per heavy atom. The molecule has 1 aromatic heterocycles. The van der Waals surface area contributed by atoms with Crippen LogP contribution >= 0.6 is 0 Å². The van der Waals surface area contributed by atoms with Crippen LogP contribution in [0.3, 0.4) is 0 Å². The Morgan fingerprint density at radius 2 is 1.88 bits per heavy atom. The number of aromatic nitrogens is 2. The van der Waals surface area contributed by atoms with Crippen LogP contribution in [0.15, 0.2) is 0 Å². The second kappa shape index (κ2) is 4.76. The van der Waals surface area contributed by atoms with E-state index in [1.807, 2.05) is 11.6 Å². The minimum absolute atomic E-state index is 0.334. The molecular weight excluding hydrogens is 200 g/mol. The van der Waals surface area contributed by atoms with E-state index in [1.54, 1.807) is 0 Å². The standard InChI is InChI=1S/C12H24N4/c1-8(2)7-15(6)12-11(13)10(5)14-16(12)9(3)4/h8-9H,7,13H2,1-6H3. The van der Waals surface area contributed by atoms with Crippen LogP contribution in [0, 0.1) is 12.8 Å². The summed E-state index contributed by atoms with van der Waals surface area (Å²) in [6.07, 6.45) is 0. The van der Waals surface area contributed by atoms with Gasteiger partial charge in [0.15, 0.2) is 5.82 Å². The third-order valence-corrected chi connectivity index (χ3v) is 2.60. The van der Waals surface area contributed by atoms with Gasteiger partial charge >= 0.3 is 0 Å². The highest BCUT2D eigenvalue weighted by molar-refractivity contribution is 5.66. The Morgan fingerprint density at radius 1 is 1.31 bits per heavy atom. The molecule has 0 bridgehead atoms. The molecule has 0 saturated heterocycles. The first-order valence-corrected chi connectivity index (χ1v) is 5.90. The van der Waals surface area contributed by atoms with Gasteiger partial charge in [-0.15, -0.1) is 0 Å². The number of hydrogen-bond acceptors (Lipinski definition) is 3. The molecule has 4 heteroatoms. The second-order valence-corrected chi connectivity index (χ2v) is 5.14. The topological polar surface area (TPSA) is 47.1 Å². The molecule has 0 aliphatic carbocycles. The van der Waals surface area contributed by atoms with Crippen molar-refractivity contribution in [3.05, 3.63) is 5.69 Å². The van der Waals surface area contributed by atoms with Gasteiger partial charge in [-0.2, -0.15) is 5.10 Å². The van der Waals surface area contributed by atoms with Crippen LogP contribution in [0.1, 0.15) is 39.4 Å². The van der Waals surface area contributed by atoms with Crippen molar-refractivity contribution in [2.75, 3.05) is 24.2 Å². The molecule has 1 rings (SSSR count). The van der Waals surface area contributed by atoms with Crippen molar-refractivity contribution in [3.8, 4) is 0 Å². The Kier molecular flexibility index (Phi) is 3.83. The molecular formula is C12H24N4. The monoisotopic (exact) mass is 224 g/mol. The summed E-state index contributed by atoms with van der Waals surface area (Å²) >= 11 is 0. The lowest BCUT2D eigenvalue weighted by Crippen LogP contribution is -2.26. The summed E-state index contributed by atoms with van der Waals surface area (Å²) in [7, 11) is 2.08. The van der Waals surface area contributed by atoms with Gasteiger partial charge in [-0.3, -0.25) is 0 Å². The van der Waals surface area contributed by atoms with Crippen LogP contribution in [-0.4, -0.2) is 23.4 Å². The molecule has 0 saturated carbocycles. The van der Waals surface area contributed by atoms with E-state index in [1.165, 1.54) is 0 Å². The smallest absolute Gasteiger partial charge is 0.150 e. The average molecular weight is 224 g/mol. The summed E-state index contributed by atoms with van der Waals surface area (Å²) in [6, 6.07) is 0.334. The summed E-state index contributed by atoms with van der Waals surface area (Å²) in [5, 5.41) is 4.49. The number of anilines is 2. The van der Waals surface area contributed by atoms with E-state index in [9.17, 15) is 0 Å². The van der Waals surface area contributed by atoms with Crippen molar-refractivity contribution in [1.29, 1.82) is 0 Å². The van der Waals surface area contributed by atoms with Crippen LogP contribution in [0.25, 0.3) is 0 Å². The predicted octanol–water partition coefficient (Wildman–Crippen LogP) is 2.45. The Bertz CT molecular complexity index is 352. The molecule has 0 amide bonds. The molecule has 0 aliphatic rings. The SMILES string of the molecule is Cc1nn(C(C)C)c(N(C)CC(C)C)c1N. The summed E-state index contributed by atoms with van der Waals surface area (Å²) in [5.41, 5.74) is 7.81. The first-order chi connectivity index (χ1) is 7.34. The molecule has 0 unspecified atom stereocenters. The van der Waals surface area contributed by atoms with E-state index in [-0.39, 0.29) is 0 Å². The van der Waals surface area contributed by atoms with Gasteiger partial charge in [-0.25, -0.2) is 4.68 Å². The van der Waals surface area contributed by atoms with E-state index in [4.69, 9.17) is 5.73 Å².